The van der Waals surface area contributed by atoms with Crippen LogP contribution in [-0.4, -0.2) is 4.98 Å². The monoisotopic (exact) mass is 282 g/mol. The van der Waals surface area contributed by atoms with Crippen LogP contribution in [0.25, 0.3) is 0 Å². The molecule has 2 unspecified atom stereocenters. The molecule has 1 aromatic heterocycles. The predicted molar refractivity (Wildman–Crippen MR) is 89.3 cm³/mol. The highest BCUT2D eigenvalue weighted by atomic mass is 14.9. The van der Waals surface area contributed by atoms with Gasteiger partial charge in [-0.15, -0.1) is 0 Å². The molecule has 0 aliphatic rings. The molecule has 2 nitrogen and oxygen atoms in total. The summed E-state index contributed by atoms with van der Waals surface area (Å²) in [5.74, 6) is 0. The van der Waals surface area contributed by atoms with E-state index < -0.39 is 0 Å². The van der Waals surface area contributed by atoms with E-state index in [1.54, 1.807) is 0 Å². The summed E-state index contributed by atoms with van der Waals surface area (Å²) in [5, 5.41) is 3.64. The molecule has 21 heavy (non-hydrogen) atoms. The lowest BCUT2D eigenvalue weighted by Gasteiger charge is -2.20. The summed E-state index contributed by atoms with van der Waals surface area (Å²) in [5.41, 5.74) is 4.00. The second kappa shape index (κ2) is 7.94. The Morgan fingerprint density at radius 1 is 1.00 bits per heavy atom. The van der Waals surface area contributed by atoms with E-state index in [0.29, 0.717) is 12.1 Å². The Hall–Kier alpha value is -1.67. The van der Waals surface area contributed by atoms with Gasteiger partial charge in [-0.3, -0.25) is 4.98 Å². The molecule has 2 atom stereocenters. The van der Waals surface area contributed by atoms with Crippen LogP contribution in [-0.2, 0) is 6.42 Å². The molecule has 1 N–H and O–H groups in total. The van der Waals surface area contributed by atoms with Gasteiger partial charge in [0.05, 0.1) is 0 Å². The largest absolute Gasteiger partial charge is 0.304 e. The second-order valence-electron chi connectivity index (χ2n) is 5.74. The van der Waals surface area contributed by atoms with Gasteiger partial charge >= 0.3 is 0 Å². The molecule has 0 fully saturated rings. The van der Waals surface area contributed by atoms with Gasteiger partial charge in [-0.25, -0.2) is 0 Å². The van der Waals surface area contributed by atoms with Crippen molar-refractivity contribution in [3.8, 4) is 0 Å². The summed E-state index contributed by atoms with van der Waals surface area (Å²) in [7, 11) is 0. The number of hydrogen-bond acceptors (Lipinski definition) is 2. The topological polar surface area (TPSA) is 24.9 Å². The van der Waals surface area contributed by atoms with Gasteiger partial charge < -0.3 is 5.32 Å². The van der Waals surface area contributed by atoms with Crippen LogP contribution in [0.5, 0.6) is 0 Å². The van der Waals surface area contributed by atoms with Crippen molar-refractivity contribution in [1.82, 2.24) is 10.3 Å². The Morgan fingerprint density at radius 2 is 1.71 bits per heavy atom. The first kappa shape index (κ1) is 15.7. The van der Waals surface area contributed by atoms with E-state index in [1.807, 2.05) is 18.5 Å². The smallest absolute Gasteiger partial charge is 0.0315 e. The predicted octanol–water partition coefficient (Wildman–Crippen LogP) is 4.84. The van der Waals surface area contributed by atoms with Gasteiger partial charge in [0, 0.05) is 24.5 Å². The number of aromatic nitrogens is 1. The summed E-state index contributed by atoms with van der Waals surface area (Å²) in [4.78, 5) is 4.19. The normalized spacial score (nSPS) is 13.9. The molecule has 0 bridgehead atoms. The highest BCUT2D eigenvalue weighted by Crippen LogP contribution is 2.19. The first-order chi connectivity index (χ1) is 10.2. The number of pyridine rings is 1. The van der Waals surface area contributed by atoms with Crippen molar-refractivity contribution in [2.24, 2.45) is 0 Å². The molecule has 1 aromatic carbocycles. The Morgan fingerprint density at radius 3 is 2.33 bits per heavy atom. The van der Waals surface area contributed by atoms with E-state index in [1.165, 1.54) is 36.0 Å². The quantitative estimate of drug-likeness (QED) is 0.786. The first-order valence-corrected chi connectivity index (χ1v) is 7.95. The van der Waals surface area contributed by atoms with Crippen molar-refractivity contribution >= 4 is 0 Å². The van der Waals surface area contributed by atoms with E-state index >= 15 is 0 Å². The maximum atomic E-state index is 4.19. The summed E-state index contributed by atoms with van der Waals surface area (Å²) in [6.07, 6.45) is 7.45. The number of nitrogens with one attached hydrogen (secondary N) is 1. The molecule has 0 radical (unpaired) electrons. The molecular formula is C19H26N2. The molecule has 2 aromatic rings. The Labute approximate surface area is 128 Å². The highest BCUT2D eigenvalue weighted by molar-refractivity contribution is 5.25. The van der Waals surface area contributed by atoms with Crippen molar-refractivity contribution < 1.29 is 0 Å². The van der Waals surface area contributed by atoms with E-state index in [-0.39, 0.29) is 0 Å². The fourth-order valence-electron chi connectivity index (χ4n) is 2.55. The van der Waals surface area contributed by atoms with Gasteiger partial charge in [0.2, 0.25) is 0 Å². The Kier molecular flexibility index (Phi) is 5.94. The molecule has 0 aliphatic heterocycles. The SMILES string of the molecule is CCCCc1ccc(C(C)NC(C)c2cccnc2)cc1. The summed E-state index contributed by atoms with van der Waals surface area (Å²) < 4.78 is 0. The molecule has 0 spiro atoms. The van der Waals surface area contributed by atoms with Crippen LogP contribution in [0.4, 0.5) is 0 Å². The summed E-state index contributed by atoms with van der Waals surface area (Å²) >= 11 is 0. The minimum absolute atomic E-state index is 0.300. The molecular weight excluding hydrogens is 256 g/mol. The number of unbranched alkanes of at least 4 members (excludes halogenated alkanes) is 1. The van der Waals surface area contributed by atoms with Crippen LogP contribution >= 0.6 is 0 Å². The van der Waals surface area contributed by atoms with Crippen molar-refractivity contribution in [3.05, 3.63) is 65.5 Å². The molecule has 0 aliphatic carbocycles. The van der Waals surface area contributed by atoms with Crippen molar-refractivity contribution in [3.63, 3.8) is 0 Å². The standard InChI is InChI=1S/C19H26N2/c1-4-5-7-17-9-11-18(12-10-17)15(2)21-16(3)19-8-6-13-20-14-19/h6,8-16,21H,4-5,7H2,1-3H3. The minimum atomic E-state index is 0.300. The van der Waals surface area contributed by atoms with Crippen molar-refractivity contribution in [2.45, 2.75) is 52.1 Å². The molecule has 0 saturated heterocycles. The van der Waals surface area contributed by atoms with Crippen LogP contribution in [0.15, 0.2) is 48.8 Å². The number of rotatable bonds is 7. The van der Waals surface area contributed by atoms with Crippen LogP contribution < -0.4 is 5.32 Å². The molecule has 2 rings (SSSR count). The number of nitrogens with zero attached hydrogens (tertiary/aromatic N) is 1. The van der Waals surface area contributed by atoms with Gasteiger partial charge in [-0.05, 0) is 49.4 Å². The van der Waals surface area contributed by atoms with Crippen molar-refractivity contribution in [2.75, 3.05) is 0 Å². The zero-order chi connectivity index (χ0) is 15.1. The summed E-state index contributed by atoms with van der Waals surface area (Å²) in [6, 6.07) is 13.8. The van der Waals surface area contributed by atoms with Crippen LogP contribution in [0.2, 0.25) is 0 Å². The first-order valence-electron chi connectivity index (χ1n) is 7.95. The van der Waals surface area contributed by atoms with E-state index in [4.69, 9.17) is 0 Å². The highest BCUT2D eigenvalue weighted by Gasteiger charge is 2.11. The fourth-order valence-corrected chi connectivity index (χ4v) is 2.55. The second-order valence-corrected chi connectivity index (χ2v) is 5.74. The molecule has 0 saturated carbocycles. The maximum Gasteiger partial charge on any atom is 0.0315 e. The average Bonchev–Trinajstić information content (AvgIpc) is 2.54. The van der Waals surface area contributed by atoms with E-state index in [0.717, 1.165) is 0 Å². The number of benzene rings is 1. The lowest BCUT2D eigenvalue weighted by Crippen LogP contribution is -2.22. The molecule has 112 valence electrons. The third-order valence-electron chi connectivity index (χ3n) is 3.98. The number of aryl methyl sites for hydroxylation is 1. The lowest BCUT2D eigenvalue weighted by atomic mass is 10.0. The molecule has 0 amide bonds. The molecule has 2 heteroatoms. The van der Waals surface area contributed by atoms with E-state index in [2.05, 4.69) is 61.4 Å². The van der Waals surface area contributed by atoms with Crippen LogP contribution in [0, 0.1) is 0 Å². The van der Waals surface area contributed by atoms with Crippen molar-refractivity contribution in [1.29, 1.82) is 0 Å². The Bertz CT molecular complexity index is 519. The van der Waals surface area contributed by atoms with Gasteiger partial charge in [0.1, 0.15) is 0 Å². The van der Waals surface area contributed by atoms with Gasteiger partial charge in [0.15, 0.2) is 0 Å². The van der Waals surface area contributed by atoms with Gasteiger partial charge in [-0.1, -0.05) is 43.7 Å². The third-order valence-corrected chi connectivity index (χ3v) is 3.98. The zero-order valence-electron chi connectivity index (χ0n) is 13.3. The minimum Gasteiger partial charge on any atom is -0.304 e. The molecule has 1 heterocycles. The maximum absolute atomic E-state index is 4.19. The van der Waals surface area contributed by atoms with Crippen LogP contribution in [0.1, 0.15) is 62.4 Å². The van der Waals surface area contributed by atoms with Gasteiger partial charge in [-0.2, -0.15) is 0 Å². The average molecular weight is 282 g/mol. The number of hydrogen-bond donors (Lipinski definition) is 1. The summed E-state index contributed by atoms with van der Waals surface area (Å²) in [6.45, 7) is 6.64. The zero-order valence-corrected chi connectivity index (χ0v) is 13.3. The van der Waals surface area contributed by atoms with Crippen LogP contribution in [0.3, 0.4) is 0 Å². The fraction of sp³-hybridized carbons (Fsp3) is 0.421. The van der Waals surface area contributed by atoms with E-state index in [9.17, 15) is 0 Å². The third kappa shape index (κ3) is 4.68. The Balaban J connectivity index is 1.95. The lowest BCUT2D eigenvalue weighted by molar-refractivity contribution is 0.493. The van der Waals surface area contributed by atoms with Gasteiger partial charge in [0.25, 0.3) is 0 Å².